The summed E-state index contributed by atoms with van der Waals surface area (Å²) < 4.78 is 15.7. The molecule has 0 N–H and O–H groups in total. The van der Waals surface area contributed by atoms with E-state index in [2.05, 4.69) is 97.3 Å². The second-order valence-electron chi connectivity index (χ2n) is 11.5. The molecule has 5 nitrogen and oxygen atoms in total. The summed E-state index contributed by atoms with van der Waals surface area (Å²) in [6, 6.07) is 12.3. The summed E-state index contributed by atoms with van der Waals surface area (Å²) in [7, 11) is 0.500. The van der Waals surface area contributed by atoms with Gasteiger partial charge in [0, 0.05) is 41.2 Å². The lowest BCUT2D eigenvalue weighted by atomic mass is 9.86. The average Bonchev–Trinajstić information content (AvgIpc) is 3.36. The van der Waals surface area contributed by atoms with E-state index in [1.165, 1.54) is 5.56 Å². The van der Waals surface area contributed by atoms with Crippen molar-refractivity contribution in [3.63, 3.8) is 0 Å². The van der Waals surface area contributed by atoms with Crippen molar-refractivity contribution in [2.45, 2.75) is 93.0 Å². The number of alkyl halides is 1. The molecule has 41 heavy (non-hydrogen) atoms. The van der Waals surface area contributed by atoms with E-state index in [4.69, 9.17) is 9.40 Å². The minimum absolute atomic E-state index is 0.0663. The Morgan fingerprint density at radius 3 is 2.20 bits per heavy atom. The van der Waals surface area contributed by atoms with Crippen LogP contribution in [-0.4, -0.2) is 41.3 Å². The van der Waals surface area contributed by atoms with Gasteiger partial charge in [-0.1, -0.05) is 77.1 Å². The largest absolute Gasteiger partial charge is 0.449 e. The third kappa shape index (κ3) is 9.80. The first kappa shape index (κ1) is 35.5. The summed E-state index contributed by atoms with van der Waals surface area (Å²) in [5.74, 6) is 0.299. The van der Waals surface area contributed by atoms with Crippen LogP contribution in [0.3, 0.4) is 0 Å². The molecular weight excluding hydrogens is 513 g/mol. The first-order valence-electron chi connectivity index (χ1n) is 14.3. The van der Waals surface area contributed by atoms with E-state index in [1.807, 2.05) is 30.9 Å². The molecule has 0 spiro atoms. The molecule has 0 aliphatic heterocycles. The molecule has 6 heteroatoms. The lowest BCUT2D eigenvalue weighted by Gasteiger charge is -2.37. The smallest absolute Gasteiger partial charge is 0.290 e. The fraction of sp³-hybridized carbons (Fsp3) is 0.457. The highest BCUT2D eigenvalue weighted by molar-refractivity contribution is 5.96. The summed E-state index contributed by atoms with van der Waals surface area (Å²) in [5, 5.41) is 0. The van der Waals surface area contributed by atoms with Crippen LogP contribution in [0.5, 0.6) is 0 Å². The molecule has 0 aliphatic rings. The van der Waals surface area contributed by atoms with Gasteiger partial charge in [0.1, 0.15) is 5.52 Å². The van der Waals surface area contributed by atoms with Gasteiger partial charge in [0.05, 0.1) is 12.9 Å². The van der Waals surface area contributed by atoms with Gasteiger partial charge in [-0.15, -0.1) is 0 Å². The third-order valence-corrected chi connectivity index (χ3v) is 6.83. The molecule has 0 saturated heterocycles. The number of furan rings is 1. The fourth-order valence-electron chi connectivity index (χ4n) is 4.20. The average molecular weight is 564 g/mol. The Bertz CT molecular complexity index is 1330. The van der Waals surface area contributed by atoms with Gasteiger partial charge in [0.15, 0.2) is 11.3 Å². The summed E-state index contributed by atoms with van der Waals surface area (Å²) in [4.78, 5) is 24.3. The Morgan fingerprint density at radius 1 is 1.10 bits per heavy atom. The SMILES string of the molecule is C=C/C=C(/C)N=CC.CCCN(C(=O)c1cc2nc(-c3ccc(C)cc3)cc(C(C)(C)C)c2o1)C(C)(C)CC.CF. The van der Waals surface area contributed by atoms with Crippen LogP contribution in [0.25, 0.3) is 22.4 Å². The molecule has 2 aromatic heterocycles. The van der Waals surface area contributed by atoms with E-state index < -0.39 is 0 Å². The summed E-state index contributed by atoms with van der Waals surface area (Å²) in [6.07, 6.45) is 7.12. The molecule has 0 unspecified atom stereocenters. The molecule has 3 rings (SSSR count). The molecule has 0 saturated carbocycles. The number of hydrogen-bond acceptors (Lipinski definition) is 4. The number of amides is 1. The van der Waals surface area contributed by atoms with Crippen molar-refractivity contribution in [2.24, 2.45) is 4.99 Å². The Kier molecular flexibility index (Phi) is 13.9. The van der Waals surface area contributed by atoms with Crippen LogP contribution in [0.1, 0.15) is 96.8 Å². The van der Waals surface area contributed by atoms with Crippen LogP contribution in [0.2, 0.25) is 0 Å². The predicted molar refractivity (Wildman–Crippen MR) is 174 cm³/mol. The van der Waals surface area contributed by atoms with Crippen LogP contribution in [0.15, 0.2) is 70.2 Å². The Hall–Kier alpha value is -3.54. The van der Waals surface area contributed by atoms with Gasteiger partial charge in [0.2, 0.25) is 0 Å². The Labute approximate surface area is 247 Å². The number of hydrogen-bond donors (Lipinski definition) is 0. The number of aliphatic imine (C=N–C) groups is 1. The molecular formula is C35H50FN3O2. The molecule has 2 heterocycles. The number of pyridine rings is 1. The van der Waals surface area contributed by atoms with E-state index in [0.29, 0.717) is 25.1 Å². The van der Waals surface area contributed by atoms with Gasteiger partial charge >= 0.3 is 0 Å². The number of carbonyl (C=O) groups is 1. The zero-order chi connectivity index (χ0) is 31.4. The molecule has 0 aliphatic carbocycles. The molecule has 1 amide bonds. The molecule has 224 valence electrons. The first-order valence-corrected chi connectivity index (χ1v) is 14.3. The van der Waals surface area contributed by atoms with Crippen molar-refractivity contribution in [2.75, 3.05) is 13.7 Å². The standard InChI is InChI=1S/C27H36N2O2.C7H11N.CH3F/c1-9-15-29(27(7,8)10-2)25(30)23-17-22-24(31-23)20(26(4,5)6)16-21(28-22)19-13-11-18(3)12-14-19;1-4-6-7(3)8-5-2;1-2/h11-14,16-17H,9-10,15H2,1-8H3;4-6H,1H2,2-3H3;1H3/b;7-6-,8-5?;. The number of nitrogens with zero attached hydrogens (tertiary/aromatic N) is 3. The van der Waals surface area contributed by atoms with E-state index >= 15 is 0 Å². The van der Waals surface area contributed by atoms with E-state index in [0.717, 1.165) is 40.9 Å². The van der Waals surface area contributed by atoms with Gasteiger partial charge in [-0.25, -0.2) is 4.98 Å². The van der Waals surface area contributed by atoms with Crippen molar-refractivity contribution >= 4 is 23.2 Å². The molecule has 1 aromatic carbocycles. The fourth-order valence-corrected chi connectivity index (χ4v) is 4.20. The number of benzene rings is 1. The van der Waals surface area contributed by atoms with E-state index in [-0.39, 0.29) is 16.9 Å². The van der Waals surface area contributed by atoms with Gasteiger partial charge in [0.25, 0.3) is 5.91 Å². The van der Waals surface area contributed by atoms with Crippen molar-refractivity contribution in [3.05, 3.63) is 77.7 Å². The topological polar surface area (TPSA) is 58.7 Å². The maximum atomic E-state index is 13.5. The highest BCUT2D eigenvalue weighted by Crippen LogP contribution is 2.35. The Balaban J connectivity index is 0.000000725. The summed E-state index contributed by atoms with van der Waals surface area (Å²) in [5.41, 5.74) is 6.28. The monoisotopic (exact) mass is 563 g/mol. The number of aryl methyl sites for hydroxylation is 1. The number of aromatic nitrogens is 1. The minimum Gasteiger partial charge on any atom is -0.449 e. The van der Waals surface area contributed by atoms with Crippen LogP contribution in [0, 0.1) is 6.92 Å². The lowest BCUT2D eigenvalue weighted by Crippen LogP contribution is -2.47. The molecule has 0 bridgehead atoms. The van der Waals surface area contributed by atoms with Crippen molar-refractivity contribution in [1.29, 1.82) is 0 Å². The quantitative estimate of drug-likeness (QED) is 0.202. The van der Waals surface area contributed by atoms with Crippen molar-refractivity contribution < 1.29 is 13.6 Å². The van der Waals surface area contributed by atoms with Gasteiger partial charge in [-0.05, 0) is 65.0 Å². The molecule has 0 atom stereocenters. The lowest BCUT2D eigenvalue weighted by molar-refractivity contribution is 0.0509. The zero-order valence-corrected chi connectivity index (χ0v) is 27.1. The van der Waals surface area contributed by atoms with Gasteiger partial charge in [-0.3, -0.25) is 14.2 Å². The predicted octanol–water partition coefficient (Wildman–Crippen LogP) is 9.89. The van der Waals surface area contributed by atoms with Crippen molar-refractivity contribution in [3.8, 4) is 11.3 Å². The summed E-state index contributed by atoms with van der Waals surface area (Å²) >= 11 is 0. The number of fused-ring (bicyclic) bond motifs is 1. The Morgan fingerprint density at radius 2 is 1.71 bits per heavy atom. The van der Waals surface area contributed by atoms with Crippen molar-refractivity contribution in [1.82, 2.24) is 9.88 Å². The van der Waals surface area contributed by atoms with Gasteiger partial charge in [-0.2, -0.15) is 0 Å². The van der Waals surface area contributed by atoms with E-state index in [9.17, 15) is 9.18 Å². The highest BCUT2D eigenvalue weighted by Gasteiger charge is 2.32. The van der Waals surface area contributed by atoms with E-state index in [1.54, 1.807) is 12.3 Å². The van der Waals surface area contributed by atoms with Crippen LogP contribution < -0.4 is 0 Å². The van der Waals surface area contributed by atoms with Crippen LogP contribution >= 0.6 is 0 Å². The highest BCUT2D eigenvalue weighted by atomic mass is 19.1. The third-order valence-electron chi connectivity index (χ3n) is 6.83. The first-order chi connectivity index (χ1) is 19.3. The normalized spacial score (nSPS) is 12.0. The van der Waals surface area contributed by atoms with Gasteiger partial charge < -0.3 is 9.32 Å². The minimum atomic E-state index is -0.237. The maximum Gasteiger partial charge on any atom is 0.290 e. The zero-order valence-electron chi connectivity index (χ0n) is 27.1. The maximum absolute atomic E-state index is 13.5. The number of carbonyl (C=O) groups excluding carboxylic acids is 1. The molecule has 0 radical (unpaired) electrons. The van der Waals surface area contributed by atoms with Crippen LogP contribution in [0.4, 0.5) is 4.39 Å². The number of halogens is 1. The second-order valence-corrected chi connectivity index (χ2v) is 11.5. The summed E-state index contributed by atoms with van der Waals surface area (Å²) in [6.45, 7) is 25.0. The second kappa shape index (κ2) is 16.0. The molecule has 3 aromatic rings. The van der Waals surface area contributed by atoms with Crippen LogP contribution in [-0.2, 0) is 5.41 Å². The molecule has 0 fully saturated rings. The number of rotatable bonds is 8. The number of allylic oxidation sites excluding steroid dienone is 3.